The van der Waals surface area contributed by atoms with Crippen LogP contribution in [-0.4, -0.2) is 33.4 Å². The second-order valence-electron chi connectivity index (χ2n) is 7.33. The molecule has 36 heavy (non-hydrogen) atoms. The van der Waals surface area contributed by atoms with Gasteiger partial charge in [0.2, 0.25) is 5.91 Å². The van der Waals surface area contributed by atoms with Gasteiger partial charge in [-0.1, -0.05) is 29.8 Å². The van der Waals surface area contributed by atoms with E-state index in [0.29, 0.717) is 16.4 Å². The van der Waals surface area contributed by atoms with Crippen LogP contribution in [0.3, 0.4) is 0 Å². The highest BCUT2D eigenvalue weighted by atomic mass is 35.5. The summed E-state index contributed by atoms with van der Waals surface area (Å²) in [6, 6.07) is 14.7. The van der Waals surface area contributed by atoms with Gasteiger partial charge in [-0.3, -0.25) is 9.10 Å². The van der Waals surface area contributed by atoms with Gasteiger partial charge in [0, 0.05) is 5.69 Å². The van der Waals surface area contributed by atoms with Crippen LogP contribution in [0.15, 0.2) is 77.7 Å². The summed E-state index contributed by atoms with van der Waals surface area (Å²) in [5.41, 5.74) is -1.19. The van der Waals surface area contributed by atoms with Crippen LogP contribution in [0.1, 0.15) is 22.8 Å². The Kier molecular flexibility index (Phi) is 8.26. The molecule has 0 atom stereocenters. The summed E-state index contributed by atoms with van der Waals surface area (Å²) in [5.74, 6) is -1.42. The topological polar surface area (TPSA) is 92.8 Å². The predicted octanol–water partition coefficient (Wildman–Crippen LogP) is 5.37. The molecular formula is C24H20ClF3N2O5S. The maximum Gasteiger partial charge on any atom is 0.416 e. The molecular weight excluding hydrogens is 521 g/mol. The van der Waals surface area contributed by atoms with Crippen molar-refractivity contribution in [2.45, 2.75) is 18.0 Å². The van der Waals surface area contributed by atoms with Crippen LogP contribution in [0.25, 0.3) is 0 Å². The van der Waals surface area contributed by atoms with Gasteiger partial charge in [-0.2, -0.15) is 13.2 Å². The van der Waals surface area contributed by atoms with Gasteiger partial charge in [-0.15, -0.1) is 0 Å². The van der Waals surface area contributed by atoms with Crippen LogP contribution in [0, 0.1) is 0 Å². The standard InChI is InChI=1S/C24H20ClF3N2O5S/c1-2-35-23(32)16-8-11-18(12-9-16)29-22(31)15-30(36(33,34)19-6-4-3-5-7-19)21-14-17(24(26,27)28)10-13-20(21)25/h3-14H,2,15H2,1H3,(H,29,31). The van der Waals surface area contributed by atoms with E-state index in [2.05, 4.69) is 5.32 Å². The van der Waals surface area contributed by atoms with Crippen LogP contribution < -0.4 is 9.62 Å². The van der Waals surface area contributed by atoms with E-state index in [1.807, 2.05) is 0 Å². The van der Waals surface area contributed by atoms with E-state index in [1.165, 1.54) is 48.5 Å². The molecule has 0 bridgehead atoms. The first kappa shape index (κ1) is 27.0. The number of esters is 1. The monoisotopic (exact) mass is 540 g/mol. The van der Waals surface area contributed by atoms with Crippen LogP contribution in [0.2, 0.25) is 5.02 Å². The average molecular weight is 541 g/mol. The number of ether oxygens (including phenoxy) is 1. The number of hydrogen-bond acceptors (Lipinski definition) is 5. The zero-order chi connectivity index (χ0) is 26.5. The molecule has 3 rings (SSSR count). The number of amides is 1. The Labute approximate surface area is 210 Å². The Bertz CT molecular complexity index is 1350. The number of alkyl halides is 3. The molecule has 12 heteroatoms. The molecule has 0 heterocycles. The molecule has 1 N–H and O–H groups in total. The fourth-order valence-electron chi connectivity index (χ4n) is 3.13. The second-order valence-corrected chi connectivity index (χ2v) is 9.60. The minimum Gasteiger partial charge on any atom is -0.462 e. The molecule has 0 saturated heterocycles. The number of halogens is 4. The van der Waals surface area contributed by atoms with Crippen LogP contribution in [0.4, 0.5) is 24.5 Å². The molecule has 190 valence electrons. The quantitative estimate of drug-likeness (QED) is 0.388. The van der Waals surface area contributed by atoms with Gasteiger partial charge in [0.15, 0.2) is 0 Å². The van der Waals surface area contributed by atoms with Crippen LogP contribution >= 0.6 is 11.6 Å². The zero-order valence-corrected chi connectivity index (χ0v) is 20.3. The highest BCUT2D eigenvalue weighted by molar-refractivity contribution is 7.92. The first-order valence-electron chi connectivity index (χ1n) is 10.4. The summed E-state index contributed by atoms with van der Waals surface area (Å²) in [4.78, 5) is 24.3. The minimum atomic E-state index is -4.77. The van der Waals surface area contributed by atoms with E-state index < -0.39 is 45.9 Å². The third-order valence-electron chi connectivity index (χ3n) is 4.84. The third-order valence-corrected chi connectivity index (χ3v) is 6.93. The molecule has 0 aliphatic heterocycles. The lowest BCUT2D eigenvalue weighted by atomic mass is 10.2. The zero-order valence-electron chi connectivity index (χ0n) is 18.8. The van der Waals surface area contributed by atoms with Crippen molar-refractivity contribution in [1.82, 2.24) is 0 Å². The number of nitrogens with one attached hydrogen (secondary N) is 1. The molecule has 0 aliphatic carbocycles. The molecule has 0 saturated carbocycles. The Morgan fingerprint density at radius 1 is 1.00 bits per heavy atom. The number of carbonyl (C=O) groups excluding carboxylic acids is 2. The van der Waals surface area contributed by atoms with Crippen LogP contribution in [0.5, 0.6) is 0 Å². The summed E-state index contributed by atoms with van der Waals surface area (Å²) < 4.78 is 72.2. The summed E-state index contributed by atoms with van der Waals surface area (Å²) in [7, 11) is -4.49. The highest BCUT2D eigenvalue weighted by Gasteiger charge is 2.34. The number of nitrogens with zero attached hydrogens (tertiary/aromatic N) is 1. The van der Waals surface area contributed by atoms with Gasteiger partial charge in [0.1, 0.15) is 6.54 Å². The lowest BCUT2D eigenvalue weighted by molar-refractivity contribution is -0.137. The summed E-state index contributed by atoms with van der Waals surface area (Å²) >= 11 is 6.10. The van der Waals surface area contributed by atoms with E-state index in [0.717, 1.165) is 6.07 Å². The number of carbonyl (C=O) groups is 2. The Balaban J connectivity index is 1.95. The van der Waals surface area contributed by atoms with Crippen molar-refractivity contribution in [3.8, 4) is 0 Å². The van der Waals surface area contributed by atoms with Gasteiger partial charge >= 0.3 is 12.1 Å². The summed E-state index contributed by atoms with van der Waals surface area (Å²) in [6.45, 7) is 0.956. The maximum atomic E-state index is 13.4. The largest absolute Gasteiger partial charge is 0.462 e. The Hall–Kier alpha value is -3.57. The average Bonchev–Trinajstić information content (AvgIpc) is 2.83. The second kappa shape index (κ2) is 11.0. The molecule has 0 aliphatic rings. The van der Waals surface area contributed by atoms with E-state index >= 15 is 0 Å². The normalized spacial score (nSPS) is 11.6. The lowest BCUT2D eigenvalue weighted by Gasteiger charge is -2.26. The Morgan fingerprint density at radius 3 is 2.22 bits per heavy atom. The molecule has 0 spiro atoms. The SMILES string of the molecule is CCOC(=O)c1ccc(NC(=O)CN(c2cc(C(F)(F)F)ccc2Cl)S(=O)(=O)c2ccccc2)cc1. The maximum absolute atomic E-state index is 13.4. The van der Waals surface area contributed by atoms with Crippen molar-refractivity contribution < 1.29 is 35.9 Å². The van der Waals surface area contributed by atoms with Crippen molar-refractivity contribution >= 4 is 44.9 Å². The summed E-state index contributed by atoms with van der Waals surface area (Å²) in [5, 5.41) is 2.17. The van der Waals surface area contributed by atoms with Gasteiger partial charge < -0.3 is 10.1 Å². The van der Waals surface area contributed by atoms with Crippen LogP contribution in [-0.2, 0) is 25.7 Å². The van der Waals surface area contributed by atoms with Crippen molar-refractivity contribution in [2.24, 2.45) is 0 Å². The number of rotatable bonds is 8. The van der Waals surface area contributed by atoms with Crippen molar-refractivity contribution in [1.29, 1.82) is 0 Å². The first-order valence-corrected chi connectivity index (χ1v) is 12.3. The molecule has 3 aromatic rings. The van der Waals surface area contributed by atoms with Crippen molar-refractivity contribution in [2.75, 3.05) is 22.8 Å². The first-order chi connectivity index (χ1) is 16.9. The fraction of sp³-hybridized carbons (Fsp3) is 0.167. The Morgan fingerprint density at radius 2 is 1.64 bits per heavy atom. The molecule has 7 nitrogen and oxygen atoms in total. The molecule has 1 amide bonds. The number of sulfonamides is 1. The van der Waals surface area contributed by atoms with E-state index in [1.54, 1.807) is 13.0 Å². The molecule has 0 aromatic heterocycles. The molecule has 0 radical (unpaired) electrons. The van der Waals surface area contributed by atoms with Gasteiger partial charge in [-0.25, -0.2) is 13.2 Å². The van der Waals surface area contributed by atoms with Crippen molar-refractivity contribution in [3.05, 3.63) is 88.9 Å². The fourth-order valence-corrected chi connectivity index (χ4v) is 4.86. The van der Waals surface area contributed by atoms with E-state index in [4.69, 9.17) is 16.3 Å². The number of anilines is 2. The molecule has 3 aromatic carbocycles. The smallest absolute Gasteiger partial charge is 0.416 e. The van der Waals surface area contributed by atoms with Gasteiger partial charge in [0.05, 0.1) is 33.3 Å². The number of hydrogen-bond donors (Lipinski definition) is 1. The van der Waals surface area contributed by atoms with Gasteiger partial charge in [-0.05, 0) is 61.5 Å². The highest BCUT2D eigenvalue weighted by Crippen LogP contribution is 2.37. The molecule has 0 fully saturated rings. The number of benzene rings is 3. The van der Waals surface area contributed by atoms with E-state index in [-0.39, 0.29) is 27.8 Å². The summed E-state index contributed by atoms with van der Waals surface area (Å²) in [6.07, 6.45) is -4.77. The molecule has 0 unspecified atom stereocenters. The predicted molar refractivity (Wildman–Crippen MR) is 128 cm³/mol. The van der Waals surface area contributed by atoms with Crippen molar-refractivity contribution in [3.63, 3.8) is 0 Å². The minimum absolute atomic E-state index is 0.182. The third kappa shape index (κ3) is 6.35. The van der Waals surface area contributed by atoms with E-state index in [9.17, 15) is 31.2 Å². The van der Waals surface area contributed by atoms with Gasteiger partial charge in [0.25, 0.3) is 10.0 Å². The lowest BCUT2D eigenvalue weighted by Crippen LogP contribution is -2.38.